The van der Waals surface area contributed by atoms with Crippen LogP contribution in [0.2, 0.25) is 0 Å². The minimum Gasteiger partial charge on any atom is -0.375 e. The van der Waals surface area contributed by atoms with E-state index in [-0.39, 0.29) is 17.3 Å². The Morgan fingerprint density at radius 2 is 2.35 bits per heavy atom. The molecule has 1 aromatic heterocycles. The highest BCUT2D eigenvalue weighted by Gasteiger charge is 2.31. The summed E-state index contributed by atoms with van der Waals surface area (Å²) in [5.41, 5.74) is 7.66. The van der Waals surface area contributed by atoms with Gasteiger partial charge in [0.2, 0.25) is 0 Å². The number of carbonyl (C=O) groups is 1. The predicted octanol–water partition coefficient (Wildman–Crippen LogP) is 2.35. The summed E-state index contributed by atoms with van der Waals surface area (Å²) in [5.74, 6) is -0.733. The van der Waals surface area contributed by atoms with Gasteiger partial charge >= 0.3 is 0 Å². The Kier molecular flexibility index (Phi) is 3.35. The number of rotatable bonds is 1. The third kappa shape index (κ3) is 2.40. The molecule has 118 valence electrons. The van der Waals surface area contributed by atoms with Crippen molar-refractivity contribution in [1.82, 2.24) is 9.88 Å². The predicted molar refractivity (Wildman–Crippen MR) is 88.1 cm³/mol. The summed E-state index contributed by atoms with van der Waals surface area (Å²) in [7, 11) is 0. The van der Waals surface area contributed by atoms with Gasteiger partial charge in [0.05, 0.1) is 12.2 Å². The Bertz CT molecular complexity index is 839. The van der Waals surface area contributed by atoms with Crippen molar-refractivity contribution in [3.63, 3.8) is 0 Å². The average Bonchev–Trinajstić information content (AvgIpc) is 3.12. The number of fused-ring (bicyclic) bond motifs is 2. The largest absolute Gasteiger partial charge is 0.375 e. The van der Waals surface area contributed by atoms with Gasteiger partial charge in [-0.25, -0.2) is 14.4 Å². The first-order chi connectivity index (χ1) is 11.0. The highest BCUT2D eigenvalue weighted by molar-refractivity contribution is 7.15. The van der Waals surface area contributed by atoms with Crippen LogP contribution in [-0.2, 0) is 17.8 Å². The number of alkyl halides is 1. The van der Waals surface area contributed by atoms with Gasteiger partial charge in [0.1, 0.15) is 22.6 Å². The van der Waals surface area contributed by atoms with Crippen LogP contribution in [-0.4, -0.2) is 33.4 Å². The van der Waals surface area contributed by atoms with Crippen LogP contribution in [0.15, 0.2) is 40.3 Å². The molecule has 0 bridgehead atoms. The minimum absolute atomic E-state index is 0.163. The molecule has 8 heteroatoms. The maximum atomic E-state index is 14.0. The highest BCUT2D eigenvalue weighted by Crippen LogP contribution is 2.33. The Morgan fingerprint density at radius 1 is 1.52 bits per heavy atom. The zero-order chi connectivity index (χ0) is 16.1. The molecule has 4 rings (SSSR count). The van der Waals surface area contributed by atoms with E-state index >= 15 is 0 Å². The fourth-order valence-corrected chi connectivity index (χ4v) is 3.89. The van der Waals surface area contributed by atoms with Crippen LogP contribution in [0, 0.1) is 0 Å². The van der Waals surface area contributed by atoms with Gasteiger partial charge in [0, 0.05) is 23.4 Å². The fraction of sp³-hybridized carbons (Fsp3) is 0.267. The number of nitrogen functional groups attached to an aromatic ring is 1. The van der Waals surface area contributed by atoms with Gasteiger partial charge < -0.3 is 10.6 Å². The molecule has 0 spiro atoms. The minimum atomic E-state index is -0.821. The molecule has 0 saturated carbocycles. The lowest BCUT2D eigenvalue weighted by atomic mass is 10.1. The van der Waals surface area contributed by atoms with Crippen LogP contribution in [0.5, 0.6) is 0 Å². The van der Waals surface area contributed by atoms with Crippen LogP contribution >= 0.6 is 22.9 Å². The number of nitrogens with two attached hydrogens (primary N) is 1. The molecule has 23 heavy (non-hydrogen) atoms. The Labute approximate surface area is 140 Å². The summed E-state index contributed by atoms with van der Waals surface area (Å²) in [4.78, 5) is 23.7. The number of thiazole rings is 1. The Hall–Kier alpha value is -1.99. The number of halogens is 2. The first-order valence-electron chi connectivity index (χ1n) is 7.09. The van der Waals surface area contributed by atoms with Gasteiger partial charge in [-0.3, -0.25) is 4.79 Å². The molecule has 2 aliphatic heterocycles. The number of allylic oxidation sites excluding steroid dienone is 3. The maximum absolute atomic E-state index is 14.0. The van der Waals surface area contributed by atoms with Gasteiger partial charge in [0.25, 0.3) is 5.91 Å². The Morgan fingerprint density at radius 3 is 3.17 bits per heavy atom. The van der Waals surface area contributed by atoms with Crippen LogP contribution in [0.4, 0.5) is 9.52 Å². The van der Waals surface area contributed by atoms with E-state index in [4.69, 9.17) is 17.3 Å². The van der Waals surface area contributed by atoms with E-state index in [1.54, 1.807) is 23.1 Å². The number of hydrogen-bond acceptors (Lipinski definition) is 5. The summed E-state index contributed by atoms with van der Waals surface area (Å²) in [6.07, 6.45) is 5.51. The standard InChI is InChI=1S/C15H12ClFN4OS/c16-8-2-1-7-5-10(19-13(7)12(8)17)14(22)21-4-3-9-11(6-21)23-15(18)20-9/h1-2,5,8H,3-4,6H2,(H2,18,20). The fourth-order valence-electron chi connectivity index (χ4n) is 2.81. The molecule has 1 aliphatic carbocycles. The van der Waals surface area contributed by atoms with Crippen molar-refractivity contribution in [3.05, 3.63) is 45.9 Å². The highest BCUT2D eigenvalue weighted by atomic mass is 35.5. The third-order valence-electron chi connectivity index (χ3n) is 3.97. The lowest BCUT2D eigenvalue weighted by Crippen LogP contribution is -2.39. The quantitative estimate of drug-likeness (QED) is 0.790. The number of hydrogen-bond donors (Lipinski definition) is 1. The number of aromatic nitrogens is 1. The summed E-state index contributed by atoms with van der Waals surface area (Å²) in [6.45, 7) is 1.01. The van der Waals surface area contributed by atoms with Gasteiger partial charge in [-0.05, 0) is 6.08 Å². The van der Waals surface area contributed by atoms with Gasteiger partial charge in [-0.1, -0.05) is 12.2 Å². The van der Waals surface area contributed by atoms with Gasteiger partial charge in [-0.2, -0.15) is 0 Å². The summed E-state index contributed by atoms with van der Waals surface area (Å²) in [6, 6.07) is 0. The van der Waals surface area contributed by atoms with E-state index in [1.165, 1.54) is 11.3 Å². The molecule has 1 aromatic rings. The number of anilines is 1. The van der Waals surface area contributed by atoms with Crippen LogP contribution in [0.3, 0.4) is 0 Å². The number of carbonyl (C=O) groups excluding carboxylic acids is 1. The molecule has 0 aromatic carbocycles. The molecule has 3 heterocycles. The molecule has 1 amide bonds. The van der Waals surface area contributed by atoms with Crippen molar-refractivity contribution in [3.8, 4) is 0 Å². The summed E-state index contributed by atoms with van der Waals surface area (Å²) >= 11 is 7.23. The van der Waals surface area contributed by atoms with Crippen LogP contribution in [0.25, 0.3) is 0 Å². The normalized spacial score (nSPS) is 22.7. The maximum Gasteiger partial charge on any atom is 0.272 e. The van der Waals surface area contributed by atoms with E-state index < -0.39 is 11.2 Å². The molecule has 5 nitrogen and oxygen atoms in total. The second-order valence-electron chi connectivity index (χ2n) is 5.45. The zero-order valence-corrected chi connectivity index (χ0v) is 13.5. The van der Waals surface area contributed by atoms with Crippen molar-refractivity contribution in [2.24, 2.45) is 4.99 Å². The molecule has 0 radical (unpaired) electrons. The molecule has 2 N–H and O–H groups in total. The summed E-state index contributed by atoms with van der Waals surface area (Å²) in [5, 5.41) is -0.306. The van der Waals surface area contributed by atoms with Crippen molar-refractivity contribution < 1.29 is 9.18 Å². The van der Waals surface area contributed by atoms with E-state index in [0.29, 0.717) is 30.2 Å². The van der Waals surface area contributed by atoms with Crippen molar-refractivity contribution >= 4 is 39.7 Å². The van der Waals surface area contributed by atoms with Gasteiger partial charge in [-0.15, -0.1) is 22.9 Å². The van der Waals surface area contributed by atoms with Crippen LogP contribution < -0.4 is 5.73 Å². The van der Waals surface area contributed by atoms with Crippen molar-refractivity contribution in [2.45, 2.75) is 18.3 Å². The van der Waals surface area contributed by atoms with E-state index in [9.17, 15) is 9.18 Å². The SMILES string of the molecule is Nc1nc2c(s1)CN(C(=O)C1=NC3=C(F)C(Cl)C=CC3=C1)CC2. The summed E-state index contributed by atoms with van der Waals surface area (Å²) < 4.78 is 14.0. The van der Waals surface area contributed by atoms with E-state index in [2.05, 4.69) is 9.98 Å². The molecule has 0 saturated heterocycles. The zero-order valence-electron chi connectivity index (χ0n) is 11.9. The average molecular weight is 351 g/mol. The van der Waals surface area contributed by atoms with E-state index in [1.807, 2.05) is 0 Å². The second-order valence-corrected chi connectivity index (χ2v) is 7.04. The number of amides is 1. The van der Waals surface area contributed by atoms with Crippen LogP contribution in [0.1, 0.15) is 10.6 Å². The smallest absolute Gasteiger partial charge is 0.272 e. The Balaban J connectivity index is 1.60. The molecule has 3 aliphatic rings. The van der Waals surface area contributed by atoms with Crippen molar-refractivity contribution in [2.75, 3.05) is 12.3 Å². The molecule has 1 atom stereocenters. The number of nitrogens with zero attached hydrogens (tertiary/aromatic N) is 3. The lowest BCUT2D eigenvalue weighted by molar-refractivity contribution is -0.124. The molecular formula is C15H12ClFN4OS. The van der Waals surface area contributed by atoms with Crippen molar-refractivity contribution in [1.29, 1.82) is 0 Å². The van der Waals surface area contributed by atoms with Gasteiger partial charge in [0.15, 0.2) is 5.13 Å². The number of aliphatic imine (C=N–C) groups is 1. The van der Waals surface area contributed by atoms with E-state index in [0.717, 1.165) is 10.6 Å². The molecular weight excluding hydrogens is 339 g/mol. The first-order valence-corrected chi connectivity index (χ1v) is 8.34. The monoisotopic (exact) mass is 350 g/mol. The molecule has 0 fully saturated rings. The topological polar surface area (TPSA) is 71.6 Å². The second kappa shape index (κ2) is 5.28. The first kappa shape index (κ1) is 14.6. The lowest BCUT2D eigenvalue weighted by Gasteiger charge is -2.25. The third-order valence-corrected chi connectivity index (χ3v) is 5.21. The molecule has 1 unspecified atom stereocenters.